The molecule has 0 spiro atoms. The summed E-state index contributed by atoms with van der Waals surface area (Å²) in [6.45, 7) is 0. The first kappa shape index (κ1) is 13.8. The van der Waals surface area contributed by atoms with E-state index in [1.165, 1.54) is 0 Å². The Bertz CT molecular complexity index is 640. The normalized spacial score (nSPS) is 21.8. The number of hydrogen-bond donors (Lipinski definition) is 1. The predicted molar refractivity (Wildman–Crippen MR) is 86.5 cm³/mol. The molecule has 0 aliphatic carbocycles. The van der Waals surface area contributed by atoms with E-state index in [1.807, 2.05) is 48.5 Å². The molecule has 2 N–H and O–H groups in total. The number of amides is 1. The number of β-lactam (4-membered cyclic amide) rings is 1. The largest absolute Gasteiger partial charge is 0.318 e. The topological polar surface area (TPSA) is 46.3 Å². The van der Waals surface area contributed by atoms with Crippen LogP contribution in [0, 0.1) is 0 Å². The van der Waals surface area contributed by atoms with Crippen molar-refractivity contribution in [3.8, 4) is 0 Å². The molecule has 0 saturated carbocycles. The Labute approximate surface area is 134 Å². The third kappa shape index (κ3) is 2.30. The molecule has 2 aromatic rings. The van der Waals surface area contributed by atoms with Gasteiger partial charge in [0.25, 0.3) is 0 Å². The monoisotopic (exact) mass is 394 g/mol. The van der Waals surface area contributed by atoms with Gasteiger partial charge in [0, 0.05) is 14.6 Å². The molecule has 1 aliphatic heterocycles. The van der Waals surface area contributed by atoms with Gasteiger partial charge in [0.05, 0.1) is 6.04 Å². The maximum Gasteiger partial charge on any atom is 0.247 e. The number of nitrogens with two attached hydrogens (primary N) is 1. The average Bonchev–Trinajstić information content (AvgIpc) is 2.46. The molecule has 3 rings (SSSR count). The van der Waals surface area contributed by atoms with E-state index in [0.29, 0.717) is 0 Å². The molecular weight excluding hydrogens is 384 g/mol. The van der Waals surface area contributed by atoms with Gasteiger partial charge < -0.3 is 10.6 Å². The molecule has 1 fully saturated rings. The van der Waals surface area contributed by atoms with Crippen LogP contribution in [0.4, 0.5) is 5.69 Å². The van der Waals surface area contributed by atoms with E-state index < -0.39 is 6.04 Å². The molecule has 1 aliphatic rings. The second-order valence-corrected chi connectivity index (χ2v) is 6.54. The molecule has 3 nitrogen and oxygen atoms in total. The summed E-state index contributed by atoms with van der Waals surface area (Å²) in [5.74, 6) is -0.0414. The zero-order chi connectivity index (χ0) is 14.3. The number of nitrogens with zero attached hydrogens (tertiary/aromatic N) is 1. The van der Waals surface area contributed by atoms with Gasteiger partial charge in [-0.1, -0.05) is 44.0 Å². The highest BCUT2D eigenvalue weighted by Crippen LogP contribution is 2.38. The smallest absolute Gasteiger partial charge is 0.247 e. The van der Waals surface area contributed by atoms with Crippen LogP contribution in [0.5, 0.6) is 0 Å². The minimum atomic E-state index is -0.472. The van der Waals surface area contributed by atoms with Crippen LogP contribution >= 0.6 is 31.9 Å². The number of carbonyl (C=O) groups excluding carboxylic acids is 1. The second kappa shape index (κ2) is 5.31. The first-order valence-electron chi connectivity index (χ1n) is 6.17. The van der Waals surface area contributed by atoms with Crippen LogP contribution in [0.1, 0.15) is 11.6 Å². The first-order chi connectivity index (χ1) is 9.58. The van der Waals surface area contributed by atoms with Crippen molar-refractivity contribution in [2.45, 2.75) is 12.1 Å². The average molecular weight is 396 g/mol. The Hall–Kier alpha value is -1.17. The van der Waals surface area contributed by atoms with E-state index in [1.54, 1.807) is 4.90 Å². The van der Waals surface area contributed by atoms with E-state index in [0.717, 1.165) is 20.2 Å². The van der Waals surface area contributed by atoms with E-state index >= 15 is 0 Å². The van der Waals surface area contributed by atoms with E-state index in [9.17, 15) is 4.79 Å². The van der Waals surface area contributed by atoms with Gasteiger partial charge in [0.15, 0.2) is 0 Å². The van der Waals surface area contributed by atoms with Gasteiger partial charge in [0.1, 0.15) is 6.04 Å². The maximum absolute atomic E-state index is 12.1. The minimum Gasteiger partial charge on any atom is -0.318 e. The van der Waals surface area contributed by atoms with Crippen LogP contribution in [0.2, 0.25) is 0 Å². The summed E-state index contributed by atoms with van der Waals surface area (Å²) in [5.41, 5.74) is 7.89. The van der Waals surface area contributed by atoms with Crippen LogP contribution in [0.3, 0.4) is 0 Å². The van der Waals surface area contributed by atoms with Crippen molar-refractivity contribution in [1.29, 1.82) is 0 Å². The first-order valence-corrected chi connectivity index (χ1v) is 7.76. The van der Waals surface area contributed by atoms with Gasteiger partial charge in [-0.05, 0) is 42.0 Å². The molecule has 0 bridgehead atoms. The summed E-state index contributed by atoms with van der Waals surface area (Å²) in [4.78, 5) is 13.8. The predicted octanol–water partition coefficient (Wildman–Crippen LogP) is 3.63. The Morgan fingerprint density at radius 1 is 0.900 bits per heavy atom. The van der Waals surface area contributed by atoms with Gasteiger partial charge >= 0.3 is 0 Å². The molecular formula is C15H12Br2N2O. The van der Waals surface area contributed by atoms with Crippen molar-refractivity contribution in [2.24, 2.45) is 5.73 Å². The Morgan fingerprint density at radius 3 is 1.95 bits per heavy atom. The number of hydrogen-bond acceptors (Lipinski definition) is 2. The SMILES string of the molecule is N[C@H]1C(=O)N(c2ccc(Br)cc2)[C@@H]1c1ccc(Br)cc1. The number of rotatable bonds is 2. The zero-order valence-corrected chi connectivity index (χ0v) is 13.6. The summed E-state index contributed by atoms with van der Waals surface area (Å²) < 4.78 is 1.99. The molecule has 1 amide bonds. The van der Waals surface area contributed by atoms with Crippen molar-refractivity contribution in [2.75, 3.05) is 4.90 Å². The number of benzene rings is 2. The standard InChI is InChI=1S/C15H12Br2N2O/c16-10-3-1-9(2-4-10)14-13(18)15(20)19(14)12-7-5-11(17)6-8-12/h1-8,13-14H,18H2/t13-,14-/m1/s1. The highest BCUT2D eigenvalue weighted by molar-refractivity contribution is 9.10. The van der Waals surface area contributed by atoms with Gasteiger partial charge in [0.2, 0.25) is 5.91 Å². The van der Waals surface area contributed by atoms with Gasteiger partial charge in [-0.25, -0.2) is 0 Å². The zero-order valence-electron chi connectivity index (χ0n) is 10.5. The molecule has 0 radical (unpaired) electrons. The van der Waals surface area contributed by atoms with Crippen molar-refractivity contribution in [3.63, 3.8) is 0 Å². The highest BCUT2D eigenvalue weighted by Gasteiger charge is 2.46. The quantitative estimate of drug-likeness (QED) is 0.789. The Balaban J connectivity index is 1.95. The van der Waals surface area contributed by atoms with Crippen LogP contribution in [0.15, 0.2) is 57.5 Å². The molecule has 20 heavy (non-hydrogen) atoms. The van der Waals surface area contributed by atoms with E-state index in [4.69, 9.17) is 5.73 Å². The summed E-state index contributed by atoms with van der Waals surface area (Å²) in [7, 11) is 0. The summed E-state index contributed by atoms with van der Waals surface area (Å²) >= 11 is 6.81. The third-order valence-corrected chi connectivity index (χ3v) is 4.51. The number of carbonyl (C=O) groups is 1. The summed E-state index contributed by atoms with van der Waals surface area (Å²) in [5, 5.41) is 0. The Kier molecular flexibility index (Phi) is 3.67. The molecule has 0 aromatic heterocycles. The lowest BCUT2D eigenvalue weighted by atomic mass is 9.88. The fourth-order valence-corrected chi connectivity index (χ4v) is 2.95. The molecule has 1 saturated heterocycles. The molecule has 102 valence electrons. The molecule has 5 heteroatoms. The van der Waals surface area contributed by atoms with E-state index in [2.05, 4.69) is 31.9 Å². The van der Waals surface area contributed by atoms with Gasteiger partial charge in [-0.3, -0.25) is 4.79 Å². The van der Waals surface area contributed by atoms with Crippen LogP contribution < -0.4 is 10.6 Å². The fraction of sp³-hybridized carbons (Fsp3) is 0.133. The highest BCUT2D eigenvalue weighted by atomic mass is 79.9. The van der Waals surface area contributed by atoms with Crippen LogP contribution in [-0.2, 0) is 4.79 Å². The third-order valence-electron chi connectivity index (χ3n) is 3.46. The second-order valence-electron chi connectivity index (χ2n) is 4.71. The summed E-state index contributed by atoms with van der Waals surface area (Å²) in [6.07, 6.45) is 0. The molecule has 0 unspecified atom stereocenters. The van der Waals surface area contributed by atoms with E-state index in [-0.39, 0.29) is 11.9 Å². The van der Waals surface area contributed by atoms with Crippen molar-refractivity contribution >= 4 is 43.5 Å². The fourth-order valence-electron chi connectivity index (χ4n) is 2.42. The lowest BCUT2D eigenvalue weighted by Gasteiger charge is -2.45. The Morgan fingerprint density at radius 2 is 1.40 bits per heavy atom. The summed E-state index contributed by atoms with van der Waals surface area (Å²) in [6, 6.07) is 15.0. The molecule has 2 atom stereocenters. The molecule has 2 aromatic carbocycles. The number of halogens is 2. The minimum absolute atomic E-state index is 0.0414. The van der Waals surface area contributed by atoms with Crippen molar-refractivity contribution < 1.29 is 4.79 Å². The van der Waals surface area contributed by atoms with Gasteiger partial charge in [-0.15, -0.1) is 0 Å². The van der Waals surface area contributed by atoms with Crippen LogP contribution in [0.25, 0.3) is 0 Å². The van der Waals surface area contributed by atoms with Gasteiger partial charge in [-0.2, -0.15) is 0 Å². The number of anilines is 1. The maximum atomic E-state index is 12.1. The van der Waals surface area contributed by atoms with Crippen LogP contribution in [-0.4, -0.2) is 11.9 Å². The van der Waals surface area contributed by atoms with Crippen molar-refractivity contribution in [1.82, 2.24) is 0 Å². The van der Waals surface area contributed by atoms with Crippen molar-refractivity contribution in [3.05, 3.63) is 63.0 Å². The molecule has 1 heterocycles. The lowest BCUT2D eigenvalue weighted by molar-refractivity contribution is -0.126. The lowest BCUT2D eigenvalue weighted by Crippen LogP contribution is -2.63.